The molecule has 0 saturated carbocycles. The van der Waals surface area contributed by atoms with E-state index < -0.39 is 11.8 Å². The first kappa shape index (κ1) is 20.1. The van der Waals surface area contributed by atoms with Gasteiger partial charge in [-0.15, -0.1) is 0 Å². The maximum atomic E-state index is 13.5. The van der Waals surface area contributed by atoms with Gasteiger partial charge in [0.15, 0.2) is 0 Å². The highest BCUT2D eigenvalue weighted by Gasteiger charge is 2.40. The number of benzene rings is 3. The van der Waals surface area contributed by atoms with Crippen molar-refractivity contribution in [3.63, 3.8) is 0 Å². The van der Waals surface area contributed by atoms with E-state index >= 15 is 0 Å². The molecule has 0 radical (unpaired) electrons. The molecule has 2 N–H and O–H groups in total. The Balaban J connectivity index is 1.80. The molecule has 0 saturated heterocycles. The lowest BCUT2D eigenvalue weighted by molar-refractivity contribution is -0.120. The Morgan fingerprint density at radius 3 is 2.06 bits per heavy atom. The molecule has 6 nitrogen and oxygen atoms in total. The Bertz CT molecular complexity index is 1200. The van der Waals surface area contributed by atoms with E-state index in [2.05, 4.69) is 10.6 Å². The number of nitrogens with one attached hydrogen (secondary N) is 2. The molecule has 1 aliphatic heterocycles. The molecule has 0 spiro atoms. The van der Waals surface area contributed by atoms with E-state index in [9.17, 15) is 14.4 Å². The van der Waals surface area contributed by atoms with Crippen LogP contribution in [0.1, 0.15) is 18.1 Å². The van der Waals surface area contributed by atoms with E-state index in [-0.39, 0.29) is 17.2 Å². The van der Waals surface area contributed by atoms with Gasteiger partial charge in [-0.05, 0) is 48.4 Å². The van der Waals surface area contributed by atoms with Crippen LogP contribution >= 0.6 is 0 Å². The Kier molecular flexibility index (Phi) is 5.37. The number of imide groups is 1. The minimum absolute atomic E-state index is 0.184. The van der Waals surface area contributed by atoms with Crippen molar-refractivity contribution in [2.75, 3.05) is 15.5 Å². The number of carbonyl (C=O) groups excluding carboxylic acids is 3. The second kappa shape index (κ2) is 8.28. The number of anilines is 3. The van der Waals surface area contributed by atoms with Crippen LogP contribution in [0.15, 0.2) is 84.6 Å². The summed E-state index contributed by atoms with van der Waals surface area (Å²) in [5.74, 6) is -0.995. The van der Waals surface area contributed by atoms with Crippen LogP contribution < -0.4 is 15.5 Å². The first-order valence-electron chi connectivity index (χ1n) is 9.84. The molecular formula is C25H21N3O3. The lowest BCUT2D eigenvalue weighted by Crippen LogP contribution is -2.33. The highest BCUT2D eigenvalue weighted by molar-refractivity contribution is 6.46. The van der Waals surface area contributed by atoms with Gasteiger partial charge in [0.25, 0.3) is 11.8 Å². The maximum absolute atomic E-state index is 13.5. The zero-order valence-electron chi connectivity index (χ0n) is 17.2. The van der Waals surface area contributed by atoms with Crippen molar-refractivity contribution in [2.24, 2.45) is 0 Å². The number of hydrogen-bond acceptors (Lipinski definition) is 4. The van der Waals surface area contributed by atoms with Gasteiger partial charge in [0.05, 0.1) is 11.3 Å². The van der Waals surface area contributed by atoms with E-state index in [4.69, 9.17) is 0 Å². The van der Waals surface area contributed by atoms with Gasteiger partial charge in [0.2, 0.25) is 5.91 Å². The first-order chi connectivity index (χ1) is 15.0. The topological polar surface area (TPSA) is 78.5 Å². The first-order valence-corrected chi connectivity index (χ1v) is 9.84. The number of nitrogens with zero attached hydrogens (tertiary/aromatic N) is 1. The second-order valence-corrected chi connectivity index (χ2v) is 7.23. The molecule has 3 aromatic carbocycles. The number of amides is 3. The molecule has 6 heteroatoms. The summed E-state index contributed by atoms with van der Waals surface area (Å²) in [5, 5.41) is 5.84. The number of rotatable bonds is 5. The molecule has 3 amide bonds. The summed E-state index contributed by atoms with van der Waals surface area (Å²) in [6, 6.07) is 23.4. The maximum Gasteiger partial charge on any atom is 0.282 e. The quantitative estimate of drug-likeness (QED) is 0.612. The van der Waals surface area contributed by atoms with Crippen LogP contribution in [0.4, 0.5) is 17.1 Å². The molecule has 0 unspecified atom stereocenters. The van der Waals surface area contributed by atoms with E-state index in [1.54, 1.807) is 36.4 Å². The zero-order chi connectivity index (χ0) is 22.0. The van der Waals surface area contributed by atoms with Crippen LogP contribution in [0.3, 0.4) is 0 Å². The molecule has 0 fully saturated rings. The average molecular weight is 411 g/mol. The van der Waals surface area contributed by atoms with Crippen molar-refractivity contribution < 1.29 is 14.4 Å². The highest BCUT2D eigenvalue weighted by Crippen LogP contribution is 2.35. The predicted octanol–water partition coefficient (Wildman–Crippen LogP) is 4.35. The molecule has 1 heterocycles. The third-order valence-electron chi connectivity index (χ3n) is 4.98. The van der Waals surface area contributed by atoms with Gasteiger partial charge >= 0.3 is 0 Å². The second-order valence-electron chi connectivity index (χ2n) is 7.23. The Morgan fingerprint density at radius 2 is 1.42 bits per heavy atom. The molecular weight excluding hydrogens is 390 g/mol. The van der Waals surface area contributed by atoms with E-state index in [0.29, 0.717) is 22.6 Å². The van der Waals surface area contributed by atoms with Gasteiger partial charge < -0.3 is 10.6 Å². The van der Waals surface area contributed by atoms with Gasteiger partial charge in [0, 0.05) is 18.3 Å². The zero-order valence-corrected chi connectivity index (χ0v) is 17.2. The average Bonchev–Trinajstić information content (AvgIpc) is 2.99. The lowest BCUT2D eigenvalue weighted by Gasteiger charge is -2.17. The number of aryl methyl sites for hydroxylation is 1. The Morgan fingerprint density at radius 1 is 0.774 bits per heavy atom. The number of para-hydroxylation sites is 2. The molecule has 0 atom stereocenters. The van der Waals surface area contributed by atoms with Crippen LogP contribution in [0.2, 0.25) is 0 Å². The summed E-state index contributed by atoms with van der Waals surface area (Å²) in [7, 11) is 0. The fraction of sp³-hybridized carbons (Fsp3) is 0.0800. The minimum Gasteiger partial charge on any atom is -0.350 e. The van der Waals surface area contributed by atoms with Crippen molar-refractivity contribution in [3.8, 4) is 0 Å². The third kappa shape index (κ3) is 3.96. The normalized spacial score (nSPS) is 13.5. The van der Waals surface area contributed by atoms with Crippen molar-refractivity contribution in [1.29, 1.82) is 0 Å². The standard InChI is InChI=1S/C25H21N3O3/c1-16-8-6-7-11-21(16)28-24(30)22(18-12-14-20(15-13-18)26-17(2)29)23(25(28)31)27-19-9-4-3-5-10-19/h3-15,27H,1-2H3,(H,26,29). The summed E-state index contributed by atoms with van der Waals surface area (Å²) < 4.78 is 0. The third-order valence-corrected chi connectivity index (χ3v) is 4.98. The summed E-state index contributed by atoms with van der Waals surface area (Å²) in [6.45, 7) is 3.29. The number of carbonyl (C=O) groups is 3. The van der Waals surface area contributed by atoms with Crippen LogP contribution in [-0.4, -0.2) is 17.7 Å². The Hall–Kier alpha value is -4.19. The van der Waals surface area contributed by atoms with E-state index in [1.165, 1.54) is 11.8 Å². The van der Waals surface area contributed by atoms with Gasteiger partial charge in [-0.1, -0.05) is 48.5 Å². The minimum atomic E-state index is -0.413. The van der Waals surface area contributed by atoms with Crippen LogP contribution in [-0.2, 0) is 14.4 Å². The van der Waals surface area contributed by atoms with Crippen LogP contribution in [0, 0.1) is 6.92 Å². The molecule has 0 bridgehead atoms. The van der Waals surface area contributed by atoms with Gasteiger partial charge in [0.1, 0.15) is 5.70 Å². The van der Waals surface area contributed by atoms with Gasteiger partial charge in [-0.3, -0.25) is 14.4 Å². The summed E-state index contributed by atoms with van der Waals surface area (Å²) in [5.41, 5.74) is 3.78. The molecule has 0 aromatic heterocycles. The highest BCUT2D eigenvalue weighted by atomic mass is 16.2. The Labute approximate surface area is 180 Å². The molecule has 0 aliphatic carbocycles. The monoisotopic (exact) mass is 411 g/mol. The van der Waals surface area contributed by atoms with Gasteiger partial charge in [-0.25, -0.2) is 4.90 Å². The largest absolute Gasteiger partial charge is 0.350 e. The fourth-order valence-electron chi connectivity index (χ4n) is 3.54. The fourth-order valence-corrected chi connectivity index (χ4v) is 3.54. The van der Waals surface area contributed by atoms with E-state index in [1.807, 2.05) is 49.4 Å². The van der Waals surface area contributed by atoms with Gasteiger partial charge in [-0.2, -0.15) is 0 Å². The molecule has 1 aliphatic rings. The predicted molar refractivity (Wildman–Crippen MR) is 121 cm³/mol. The van der Waals surface area contributed by atoms with Crippen molar-refractivity contribution in [2.45, 2.75) is 13.8 Å². The number of hydrogen-bond donors (Lipinski definition) is 2. The van der Waals surface area contributed by atoms with E-state index in [0.717, 1.165) is 5.56 Å². The SMILES string of the molecule is CC(=O)Nc1ccc(C2=C(Nc3ccccc3)C(=O)N(c3ccccc3C)C2=O)cc1. The summed E-state index contributed by atoms with van der Waals surface area (Å²) >= 11 is 0. The summed E-state index contributed by atoms with van der Waals surface area (Å²) in [4.78, 5) is 39.4. The van der Waals surface area contributed by atoms with Crippen LogP contribution in [0.25, 0.3) is 5.57 Å². The molecule has 4 rings (SSSR count). The van der Waals surface area contributed by atoms with Crippen molar-refractivity contribution in [3.05, 3.63) is 95.7 Å². The molecule has 3 aromatic rings. The van der Waals surface area contributed by atoms with Crippen molar-refractivity contribution in [1.82, 2.24) is 0 Å². The molecule has 31 heavy (non-hydrogen) atoms. The molecule has 154 valence electrons. The van der Waals surface area contributed by atoms with Crippen molar-refractivity contribution >= 4 is 40.4 Å². The summed E-state index contributed by atoms with van der Waals surface area (Å²) in [6.07, 6.45) is 0. The lowest BCUT2D eigenvalue weighted by atomic mass is 10.0. The van der Waals surface area contributed by atoms with Crippen LogP contribution in [0.5, 0.6) is 0 Å². The smallest absolute Gasteiger partial charge is 0.282 e.